The van der Waals surface area contributed by atoms with Gasteiger partial charge in [0.25, 0.3) is 0 Å². The van der Waals surface area contributed by atoms with Gasteiger partial charge in [-0.05, 0) is 13.0 Å². The minimum absolute atomic E-state index is 0.532. The third-order valence-corrected chi connectivity index (χ3v) is 2.74. The van der Waals surface area contributed by atoms with Crippen LogP contribution in [0, 0.1) is 6.92 Å². The summed E-state index contributed by atoms with van der Waals surface area (Å²) in [7, 11) is 3.53. The van der Waals surface area contributed by atoms with Gasteiger partial charge in [0.15, 0.2) is 5.82 Å². The zero-order valence-electron chi connectivity index (χ0n) is 9.69. The van der Waals surface area contributed by atoms with E-state index in [0.717, 1.165) is 22.6 Å². The van der Waals surface area contributed by atoms with Crippen molar-refractivity contribution in [2.75, 3.05) is 12.8 Å². The molecule has 84 valence electrons. The standard InChI is InChI=1S/C12H15N3O/c1-8-11(12(13)14-15(8)2)9-6-4-5-7-10(9)16-3/h4-7H,1-3H3,(H2,13,14). The number of ether oxygens (including phenoxy) is 1. The van der Waals surface area contributed by atoms with Crippen LogP contribution < -0.4 is 10.5 Å². The summed E-state index contributed by atoms with van der Waals surface area (Å²) in [5.74, 6) is 1.34. The number of benzene rings is 1. The van der Waals surface area contributed by atoms with Crippen LogP contribution >= 0.6 is 0 Å². The smallest absolute Gasteiger partial charge is 0.153 e. The first kappa shape index (κ1) is 10.5. The molecule has 0 amide bonds. The molecule has 2 rings (SSSR count). The molecule has 0 fully saturated rings. The molecule has 16 heavy (non-hydrogen) atoms. The van der Waals surface area contributed by atoms with E-state index in [4.69, 9.17) is 10.5 Å². The molecule has 4 nitrogen and oxygen atoms in total. The molecular weight excluding hydrogens is 202 g/mol. The summed E-state index contributed by atoms with van der Waals surface area (Å²) >= 11 is 0. The SMILES string of the molecule is COc1ccccc1-c1c(N)nn(C)c1C. The molecule has 0 saturated carbocycles. The minimum atomic E-state index is 0.532. The van der Waals surface area contributed by atoms with Crippen molar-refractivity contribution in [1.29, 1.82) is 0 Å². The average molecular weight is 217 g/mol. The molecule has 1 aromatic heterocycles. The van der Waals surface area contributed by atoms with Crippen LogP contribution in [0.1, 0.15) is 5.69 Å². The van der Waals surface area contributed by atoms with E-state index in [-0.39, 0.29) is 0 Å². The van der Waals surface area contributed by atoms with Crippen LogP contribution in [0.5, 0.6) is 5.75 Å². The first-order valence-electron chi connectivity index (χ1n) is 5.07. The van der Waals surface area contributed by atoms with Gasteiger partial charge in [0, 0.05) is 18.3 Å². The van der Waals surface area contributed by atoms with E-state index < -0.39 is 0 Å². The lowest BCUT2D eigenvalue weighted by atomic mass is 10.0. The topological polar surface area (TPSA) is 53.1 Å². The molecule has 0 unspecified atom stereocenters. The van der Waals surface area contributed by atoms with Crippen LogP contribution in [0.15, 0.2) is 24.3 Å². The van der Waals surface area contributed by atoms with E-state index in [1.807, 2.05) is 38.2 Å². The summed E-state index contributed by atoms with van der Waals surface area (Å²) in [6, 6.07) is 7.80. The van der Waals surface area contributed by atoms with Crippen LogP contribution in [0.25, 0.3) is 11.1 Å². The number of methoxy groups -OCH3 is 1. The molecule has 0 saturated heterocycles. The number of hydrogen-bond acceptors (Lipinski definition) is 3. The average Bonchev–Trinajstić information content (AvgIpc) is 2.53. The van der Waals surface area contributed by atoms with E-state index in [1.54, 1.807) is 11.8 Å². The first-order valence-corrected chi connectivity index (χ1v) is 5.07. The largest absolute Gasteiger partial charge is 0.496 e. The van der Waals surface area contributed by atoms with Gasteiger partial charge < -0.3 is 10.5 Å². The number of nitrogens with zero attached hydrogens (tertiary/aromatic N) is 2. The van der Waals surface area contributed by atoms with Gasteiger partial charge in [0.2, 0.25) is 0 Å². The predicted octanol–water partition coefficient (Wildman–Crippen LogP) is 1.99. The summed E-state index contributed by atoms with van der Waals surface area (Å²) in [5, 5.41) is 4.20. The number of hydrogen-bond donors (Lipinski definition) is 1. The highest BCUT2D eigenvalue weighted by Crippen LogP contribution is 2.35. The number of para-hydroxylation sites is 1. The molecule has 0 radical (unpaired) electrons. The summed E-state index contributed by atoms with van der Waals surface area (Å²) in [5.41, 5.74) is 8.86. The van der Waals surface area contributed by atoms with Crippen LogP contribution in [0.3, 0.4) is 0 Å². The molecule has 1 aromatic carbocycles. The second-order valence-corrected chi connectivity index (χ2v) is 3.67. The maximum Gasteiger partial charge on any atom is 0.153 e. The summed E-state index contributed by atoms with van der Waals surface area (Å²) in [6.07, 6.45) is 0. The Kier molecular flexibility index (Phi) is 2.56. The highest BCUT2D eigenvalue weighted by Gasteiger charge is 2.15. The highest BCUT2D eigenvalue weighted by atomic mass is 16.5. The monoisotopic (exact) mass is 217 g/mol. The Morgan fingerprint density at radius 1 is 1.31 bits per heavy atom. The first-order chi connectivity index (χ1) is 7.65. The van der Waals surface area contributed by atoms with Gasteiger partial charge in [-0.25, -0.2) is 0 Å². The van der Waals surface area contributed by atoms with Crippen LogP contribution in [-0.2, 0) is 7.05 Å². The summed E-state index contributed by atoms with van der Waals surface area (Å²) < 4.78 is 7.10. The number of nitrogens with two attached hydrogens (primary N) is 1. The maximum atomic E-state index is 5.91. The molecular formula is C12H15N3O. The lowest BCUT2D eigenvalue weighted by Gasteiger charge is -2.08. The summed E-state index contributed by atoms with van der Waals surface area (Å²) in [6.45, 7) is 1.99. The van der Waals surface area contributed by atoms with Crippen molar-refractivity contribution >= 4 is 5.82 Å². The van der Waals surface area contributed by atoms with E-state index in [2.05, 4.69) is 5.10 Å². The molecule has 0 aliphatic heterocycles. The highest BCUT2D eigenvalue weighted by molar-refractivity contribution is 5.80. The minimum Gasteiger partial charge on any atom is -0.496 e. The lowest BCUT2D eigenvalue weighted by Crippen LogP contribution is -1.93. The van der Waals surface area contributed by atoms with Crippen molar-refractivity contribution in [3.05, 3.63) is 30.0 Å². The molecule has 4 heteroatoms. The fourth-order valence-corrected chi connectivity index (χ4v) is 1.82. The molecule has 0 atom stereocenters. The lowest BCUT2D eigenvalue weighted by molar-refractivity contribution is 0.416. The molecule has 0 bridgehead atoms. The Bertz CT molecular complexity index is 517. The van der Waals surface area contributed by atoms with Gasteiger partial charge in [-0.3, -0.25) is 4.68 Å². The van der Waals surface area contributed by atoms with Gasteiger partial charge in [-0.1, -0.05) is 18.2 Å². The van der Waals surface area contributed by atoms with Gasteiger partial charge in [-0.2, -0.15) is 5.10 Å². The second kappa shape index (κ2) is 3.89. The zero-order chi connectivity index (χ0) is 11.7. The quantitative estimate of drug-likeness (QED) is 0.836. The van der Waals surface area contributed by atoms with Crippen molar-refractivity contribution in [3.63, 3.8) is 0 Å². The van der Waals surface area contributed by atoms with E-state index >= 15 is 0 Å². The van der Waals surface area contributed by atoms with Crippen molar-refractivity contribution < 1.29 is 4.74 Å². The normalized spacial score (nSPS) is 10.4. The molecule has 0 spiro atoms. The molecule has 0 aliphatic carbocycles. The molecule has 1 heterocycles. The fourth-order valence-electron chi connectivity index (χ4n) is 1.82. The third-order valence-electron chi connectivity index (χ3n) is 2.74. The van der Waals surface area contributed by atoms with Crippen LogP contribution in [-0.4, -0.2) is 16.9 Å². The summed E-state index contributed by atoms with van der Waals surface area (Å²) in [4.78, 5) is 0. The molecule has 2 aromatic rings. The number of aryl methyl sites for hydroxylation is 1. The number of rotatable bonds is 2. The maximum absolute atomic E-state index is 5.91. The van der Waals surface area contributed by atoms with E-state index in [1.165, 1.54) is 0 Å². The zero-order valence-corrected chi connectivity index (χ0v) is 9.69. The molecule has 2 N–H and O–H groups in total. The van der Waals surface area contributed by atoms with Gasteiger partial charge in [-0.15, -0.1) is 0 Å². The predicted molar refractivity (Wildman–Crippen MR) is 64.3 cm³/mol. The van der Waals surface area contributed by atoms with Crippen molar-refractivity contribution in [1.82, 2.24) is 9.78 Å². The number of aromatic nitrogens is 2. The fraction of sp³-hybridized carbons (Fsp3) is 0.250. The molecule has 0 aliphatic rings. The Balaban J connectivity index is 2.67. The third kappa shape index (κ3) is 1.52. The van der Waals surface area contributed by atoms with Crippen LogP contribution in [0.4, 0.5) is 5.82 Å². The van der Waals surface area contributed by atoms with Gasteiger partial charge >= 0.3 is 0 Å². The second-order valence-electron chi connectivity index (χ2n) is 3.67. The van der Waals surface area contributed by atoms with Crippen molar-refractivity contribution in [3.8, 4) is 16.9 Å². The Morgan fingerprint density at radius 3 is 2.56 bits per heavy atom. The van der Waals surface area contributed by atoms with Crippen molar-refractivity contribution in [2.45, 2.75) is 6.92 Å². The number of anilines is 1. The van der Waals surface area contributed by atoms with Gasteiger partial charge in [0.1, 0.15) is 5.75 Å². The van der Waals surface area contributed by atoms with Crippen molar-refractivity contribution in [2.24, 2.45) is 7.05 Å². The number of nitrogen functional groups attached to an aromatic ring is 1. The van der Waals surface area contributed by atoms with Gasteiger partial charge in [0.05, 0.1) is 12.7 Å². The Morgan fingerprint density at radius 2 is 2.00 bits per heavy atom. The van der Waals surface area contributed by atoms with E-state index in [9.17, 15) is 0 Å². The van der Waals surface area contributed by atoms with E-state index in [0.29, 0.717) is 5.82 Å². The van der Waals surface area contributed by atoms with Crippen LogP contribution in [0.2, 0.25) is 0 Å². The Labute approximate surface area is 94.6 Å². The Hall–Kier alpha value is -1.97.